The maximum absolute atomic E-state index is 11.8. The highest BCUT2D eigenvalue weighted by atomic mass is 16.4. The monoisotopic (exact) mass is 290 g/mol. The molecule has 5 nitrogen and oxygen atoms in total. The second-order valence-electron chi connectivity index (χ2n) is 5.67. The lowest BCUT2D eigenvalue weighted by Crippen LogP contribution is -2.33. The molecule has 0 unspecified atom stereocenters. The van der Waals surface area contributed by atoms with Crippen LogP contribution in [0.1, 0.15) is 48.0 Å². The van der Waals surface area contributed by atoms with Crippen molar-refractivity contribution >= 4 is 17.7 Å². The number of carbonyl (C=O) groups is 2. The average Bonchev–Trinajstić information content (AvgIpc) is 2.46. The number of benzene rings is 1. The number of anilines is 1. The molecule has 2 amide bonds. The van der Waals surface area contributed by atoms with Crippen LogP contribution in [-0.2, 0) is 0 Å². The van der Waals surface area contributed by atoms with Gasteiger partial charge >= 0.3 is 12.0 Å². The Morgan fingerprint density at radius 3 is 2.57 bits per heavy atom. The molecule has 3 N–H and O–H groups in total. The van der Waals surface area contributed by atoms with Gasteiger partial charge in [0.15, 0.2) is 0 Å². The third-order valence-electron chi connectivity index (χ3n) is 3.99. The van der Waals surface area contributed by atoms with Gasteiger partial charge < -0.3 is 15.7 Å². The fourth-order valence-electron chi connectivity index (χ4n) is 2.78. The molecule has 0 heterocycles. The normalized spacial score (nSPS) is 15.5. The average molecular weight is 290 g/mol. The summed E-state index contributed by atoms with van der Waals surface area (Å²) in [6.07, 6.45) is 6.19. The molecule has 1 saturated carbocycles. The zero-order valence-corrected chi connectivity index (χ0v) is 12.3. The first kappa shape index (κ1) is 15.4. The van der Waals surface area contributed by atoms with E-state index < -0.39 is 5.97 Å². The van der Waals surface area contributed by atoms with E-state index in [1.54, 1.807) is 19.1 Å². The molecule has 0 atom stereocenters. The Balaban J connectivity index is 1.84. The molecular formula is C16H22N2O3. The van der Waals surface area contributed by atoms with Gasteiger partial charge in [-0.15, -0.1) is 0 Å². The number of hydrogen-bond acceptors (Lipinski definition) is 2. The number of carbonyl (C=O) groups excluding carboxylic acids is 1. The summed E-state index contributed by atoms with van der Waals surface area (Å²) >= 11 is 0. The van der Waals surface area contributed by atoms with Crippen LogP contribution in [-0.4, -0.2) is 23.7 Å². The number of amides is 2. The Labute approximate surface area is 124 Å². The number of nitrogens with one attached hydrogen (secondary N) is 2. The zero-order chi connectivity index (χ0) is 15.2. The standard InChI is InChI=1S/C16H22N2O3/c1-11-9-13(7-8-14(11)15(19)20)18-16(21)17-10-12-5-3-2-4-6-12/h7-9,12H,2-6,10H2,1H3,(H,19,20)(H2,17,18,21). The van der Waals surface area contributed by atoms with Gasteiger partial charge in [0, 0.05) is 12.2 Å². The van der Waals surface area contributed by atoms with Gasteiger partial charge in [-0.25, -0.2) is 9.59 Å². The lowest BCUT2D eigenvalue weighted by molar-refractivity contribution is 0.0696. The van der Waals surface area contributed by atoms with Crippen LogP contribution in [0, 0.1) is 12.8 Å². The quantitative estimate of drug-likeness (QED) is 0.795. The Bertz CT molecular complexity index is 522. The minimum absolute atomic E-state index is 0.233. The summed E-state index contributed by atoms with van der Waals surface area (Å²) in [5, 5.41) is 14.6. The first-order valence-electron chi connectivity index (χ1n) is 7.45. The fourth-order valence-corrected chi connectivity index (χ4v) is 2.78. The summed E-state index contributed by atoms with van der Waals surface area (Å²) in [5.41, 5.74) is 1.49. The van der Waals surface area contributed by atoms with Gasteiger partial charge in [-0.2, -0.15) is 0 Å². The zero-order valence-electron chi connectivity index (χ0n) is 12.3. The van der Waals surface area contributed by atoms with Crippen molar-refractivity contribution in [3.63, 3.8) is 0 Å². The Hall–Kier alpha value is -2.04. The molecule has 0 spiro atoms. The summed E-state index contributed by atoms with van der Waals surface area (Å²) in [6, 6.07) is 4.55. The first-order valence-corrected chi connectivity index (χ1v) is 7.45. The molecule has 0 aromatic heterocycles. The number of aromatic carboxylic acids is 1. The molecule has 21 heavy (non-hydrogen) atoms. The lowest BCUT2D eigenvalue weighted by Gasteiger charge is -2.21. The highest BCUT2D eigenvalue weighted by Gasteiger charge is 2.14. The van der Waals surface area contributed by atoms with Crippen LogP contribution < -0.4 is 10.6 Å². The molecule has 1 aliphatic rings. The van der Waals surface area contributed by atoms with Crippen LogP contribution in [0.5, 0.6) is 0 Å². The van der Waals surface area contributed by atoms with Crippen molar-refractivity contribution in [3.8, 4) is 0 Å². The highest BCUT2D eigenvalue weighted by molar-refractivity contribution is 5.92. The molecule has 0 bridgehead atoms. The number of rotatable bonds is 4. The van der Waals surface area contributed by atoms with Gasteiger partial charge in [-0.3, -0.25) is 0 Å². The van der Waals surface area contributed by atoms with Gasteiger partial charge in [-0.05, 0) is 49.4 Å². The molecule has 0 radical (unpaired) electrons. The van der Waals surface area contributed by atoms with E-state index in [1.807, 2.05) is 0 Å². The first-order chi connectivity index (χ1) is 10.1. The number of aryl methyl sites for hydroxylation is 1. The number of urea groups is 1. The second-order valence-corrected chi connectivity index (χ2v) is 5.67. The van der Waals surface area contributed by atoms with E-state index in [0.29, 0.717) is 23.7 Å². The fraction of sp³-hybridized carbons (Fsp3) is 0.500. The summed E-state index contributed by atoms with van der Waals surface area (Å²) in [7, 11) is 0. The van der Waals surface area contributed by atoms with Gasteiger partial charge in [0.25, 0.3) is 0 Å². The van der Waals surface area contributed by atoms with Crippen LogP contribution in [0.2, 0.25) is 0 Å². The largest absolute Gasteiger partial charge is 0.478 e. The molecule has 114 valence electrons. The summed E-state index contributed by atoms with van der Waals surface area (Å²) in [4.78, 5) is 22.8. The topological polar surface area (TPSA) is 78.4 Å². The molecule has 1 aliphatic carbocycles. The van der Waals surface area contributed by atoms with Crippen molar-refractivity contribution in [2.24, 2.45) is 5.92 Å². The van der Waals surface area contributed by atoms with Crippen molar-refractivity contribution in [1.29, 1.82) is 0 Å². The summed E-state index contributed by atoms with van der Waals surface area (Å²) < 4.78 is 0. The highest BCUT2D eigenvalue weighted by Crippen LogP contribution is 2.22. The molecule has 0 aliphatic heterocycles. The van der Waals surface area contributed by atoms with Crippen LogP contribution in [0.4, 0.5) is 10.5 Å². The maximum Gasteiger partial charge on any atom is 0.335 e. The smallest absolute Gasteiger partial charge is 0.335 e. The predicted octanol–water partition coefficient (Wildman–Crippen LogP) is 3.40. The van der Waals surface area contributed by atoms with Gasteiger partial charge in [0.1, 0.15) is 0 Å². The van der Waals surface area contributed by atoms with E-state index in [0.717, 1.165) is 0 Å². The van der Waals surface area contributed by atoms with Crippen LogP contribution in [0.25, 0.3) is 0 Å². The van der Waals surface area contributed by atoms with E-state index >= 15 is 0 Å². The van der Waals surface area contributed by atoms with Crippen molar-refractivity contribution < 1.29 is 14.7 Å². The molecule has 1 aromatic rings. The predicted molar refractivity (Wildman–Crippen MR) is 81.7 cm³/mol. The summed E-state index contributed by atoms with van der Waals surface area (Å²) in [6.45, 7) is 2.42. The van der Waals surface area contributed by atoms with Crippen molar-refractivity contribution in [3.05, 3.63) is 29.3 Å². The molecule has 2 rings (SSSR count). The third-order valence-corrected chi connectivity index (χ3v) is 3.99. The van der Waals surface area contributed by atoms with E-state index in [4.69, 9.17) is 5.11 Å². The van der Waals surface area contributed by atoms with Gasteiger partial charge in [-0.1, -0.05) is 19.3 Å². The Kier molecular flexibility index (Phi) is 5.20. The lowest BCUT2D eigenvalue weighted by atomic mass is 9.89. The van der Waals surface area contributed by atoms with E-state index in [1.165, 1.54) is 38.2 Å². The Morgan fingerprint density at radius 1 is 1.24 bits per heavy atom. The van der Waals surface area contributed by atoms with Crippen molar-refractivity contribution in [2.45, 2.75) is 39.0 Å². The van der Waals surface area contributed by atoms with Crippen molar-refractivity contribution in [1.82, 2.24) is 5.32 Å². The van der Waals surface area contributed by atoms with Crippen LogP contribution in [0.15, 0.2) is 18.2 Å². The van der Waals surface area contributed by atoms with Crippen LogP contribution >= 0.6 is 0 Å². The van der Waals surface area contributed by atoms with Gasteiger partial charge in [0.2, 0.25) is 0 Å². The van der Waals surface area contributed by atoms with E-state index in [9.17, 15) is 9.59 Å². The molecular weight excluding hydrogens is 268 g/mol. The minimum Gasteiger partial charge on any atom is -0.478 e. The van der Waals surface area contributed by atoms with E-state index in [-0.39, 0.29) is 11.6 Å². The number of carboxylic acid groups (broad SMARTS) is 1. The third kappa shape index (κ3) is 4.48. The van der Waals surface area contributed by atoms with Gasteiger partial charge in [0.05, 0.1) is 5.56 Å². The van der Waals surface area contributed by atoms with Crippen LogP contribution in [0.3, 0.4) is 0 Å². The SMILES string of the molecule is Cc1cc(NC(=O)NCC2CCCCC2)ccc1C(=O)O. The Morgan fingerprint density at radius 2 is 1.95 bits per heavy atom. The molecule has 1 fully saturated rings. The second kappa shape index (κ2) is 7.11. The van der Waals surface area contributed by atoms with Crippen molar-refractivity contribution in [2.75, 3.05) is 11.9 Å². The summed E-state index contributed by atoms with van der Waals surface area (Å²) in [5.74, 6) is -0.374. The number of carboxylic acids is 1. The molecule has 5 heteroatoms. The minimum atomic E-state index is -0.958. The van der Waals surface area contributed by atoms with E-state index in [2.05, 4.69) is 10.6 Å². The molecule has 0 saturated heterocycles. The number of hydrogen-bond donors (Lipinski definition) is 3. The maximum atomic E-state index is 11.8. The molecule has 1 aromatic carbocycles.